The zero-order valence-electron chi connectivity index (χ0n) is 22.0. The number of aromatic amines is 1. The molecule has 0 aliphatic heterocycles. The Morgan fingerprint density at radius 1 is 0.846 bits per heavy atom. The average Bonchev–Trinajstić information content (AvgIpc) is 3.43. The van der Waals surface area contributed by atoms with Crippen molar-refractivity contribution in [2.24, 2.45) is 5.92 Å². The lowest BCUT2D eigenvalue weighted by Gasteiger charge is -2.16. The van der Waals surface area contributed by atoms with E-state index in [4.69, 9.17) is 0 Å². The van der Waals surface area contributed by atoms with Crippen LogP contribution in [0.3, 0.4) is 0 Å². The predicted molar refractivity (Wildman–Crippen MR) is 153 cm³/mol. The van der Waals surface area contributed by atoms with E-state index in [-0.39, 0.29) is 29.6 Å². The molecule has 0 aliphatic rings. The predicted octanol–water partition coefficient (Wildman–Crippen LogP) is 7.12. The van der Waals surface area contributed by atoms with E-state index in [1.165, 1.54) is 12.1 Å². The quantitative estimate of drug-likeness (QED) is 0.213. The first kappa shape index (κ1) is 25.9. The first-order chi connectivity index (χ1) is 18.8. The zero-order valence-corrected chi connectivity index (χ0v) is 22.0. The summed E-state index contributed by atoms with van der Waals surface area (Å²) in [4.78, 5) is 33.7. The number of benzene rings is 4. The highest BCUT2D eigenvalue weighted by Crippen LogP contribution is 2.28. The molecule has 0 radical (unpaired) electrons. The van der Waals surface area contributed by atoms with Crippen LogP contribution in [0.2, 0.25) is 0 Å². The number of fused-ring (bicyclic) bond motifs is 1. The van der Waals surface area contributed by atoms with Gasteiger partial charge in [0.15, 0.2) is 0 Å². The number of carbonyl (C=O) groups excluding carboxylic acids is 2. The SMILES string of the molecule is CC(C)C(=O)Nc1cc(C(=O)NC(C)c2ccc(F)cc2)cc(-c2cnc(-c3ccc4ccccc4c3)[nH]2)c1. The van der Waals surface area contributed by atoms with E-state index in [9.17, 15) is 14.0 Å². The Morgan fingerprint density at radius 3 is 2.33 bits per heavy atom. The van der Waals surface area contributed by atoms with Crippen LogP contribution in [-0.4, -0.2) is 21.8 Å². The number of anilines is 1. The van der Waals surface area contributed by atoms with Crippen molar-refractivity contribution in [1.29, 1.82) is 0 Å². The molecular weight excluding hydrogens is 491 g/mol. The lowest BCUT2D eigenvalue weighted by atomic mass is 10.0. The van der Waals surface area contributed by atoms with Crippen molar-refractivity contribution in [2.75, 3.05) is 5.32 Å². The van der Waals surface area contributed by atoms with Crippen molar-refractivity contribution in [3.8, 4) is 22.6 Å². The van der Waals surface area contributed by atoms with Gasteiger partial charge in [0.1, 0.15) is 11.6 Å². The van der Waals surface area contributed by atoms with Crippen LogP contribution < -0.4 is 10.6 Å². The summed E-state index contributed by atoms with van der Waals surface area (Å²) in [6, 6.07) is 25.2. The Balaban J connectivity index is 1.47. The number of nitrogens with zero attached hydrogens (tertiary/aromatic N) is 1. The summed E-state index contributed by atoms with van der Waals surface area (Å²) in [5.74, 6) is -0.333. The van der Waals surface area contributed by atoms with Gasteiger partial charge in [-0.05, 0) is 59.7 Å². The van der Waals surface area contributed by atoms with Crippen molar-refractivity contribution >= 4 is 28.3 Å². The second kappa shape index (κ2) is 10.9. The number of imidazole rings is 1. The molecule has 1 heterocycles. The summed E-state index contributed by atoms with van der Waals surface area (Å²) in [5, 5.41) is 8.12. The fourth-order valence-electron chi connectivity index (χ4n) is 4.34. The van der Waals surface area contributed by atoms with Gasteiger partial charge in [0.2, 0.25) is 5.91 Å². The first-order valence-corrected chi connectivity index (χ1v) is 12.8. The topological polar surface area (TPSA) is 86.9 Å². The van der Waals surface area contributed by atoms with E-state index < -0.39 is 0 Å². The summed E-state index contributed by atoms with van der Waals surface area (Å²) in [6.45, 7) is 5.45. The van der Waals surface area contributed by atoms with Gasteiger partial charge in [-0.25, -0.2) is 9.37 Å². The van der Waals surface area contributed by atoms with Crippen molar-refractivity contribution in [3.63, 3.8) is 0 Å². The van der Waals surface area contributed by atoms with Crippen LogP contribution in [0.5, 0.6) is 0 Å². The summed E-state index contributed by atoms with van der Waals surface area (Å²) in [7, 11) is 0. The van der Waals surface area contributed by atoms with Crippen LogP contribution in [0.1, 0.15) is 42.7 Å². The zero-order chi connectivity index (χ0) is 27.5. The van der Waals surface area contributed by atoms with Gasteiger partial charge in [-0.15, -0.1) is 0 Å². The van der Waals surface area contributed by atoms with Crippen LogP contribution in [-0.2, 0) is 4.79 Å². The van der Waals surface area contributed by atoms with Crippen molar-refractivity contribution in [2.45, 2.75) is 26.8 Å². The van der Waals surface area contributed by atoms with Crippen molar-refractivity contribution in [3.05, 3.63) is 108 Å². The Kier molecular flexibility index (Phi) is 7.23. The number of hydrogen-bond donors (Lipinski definition) is 3. The third kappa shape index (κ3) is 5.88. The molecule has 4 aromatic carbocycles. The van der Waals surface area contributed by atoms with Crippen LogP contribution in [0.4, 0.5) is 10.1 Å². The van der Waals surface area contributed by atoms with Crippen LogP contribution >= 0.6 is 0 Å². The molecule has 196 valence electrons. The van der Waals surface area contributed by atoms with E-state index in [0.29, 0.717) is 28.3 Å². The molecule has 0 aliphatic carbocycles. The molecular formula is C32H29FN4O2. The van der Waals surface area contributed by atoms with Gasteiger partial charge in [-0.1, -0.05) is 62.4 Å². The smallest absolute Gasteiger partial charge is 0.251 e. The highest BCUT2D eigenvalue weighted by molar-refractivity contribution is 5.99. The number of rotatable bonds is 7. The molecule has 2 amide bonds. The van der Waals surface area contributed by atoms with Crippen LogP contribution in [0, 0.1) is 11.7 Å². The number of nitrogens with one attached hydrogen (secondary N) is 3. The molecule has 5 aromatic rings. The van der Waals surface area contributed by atoms with Gasteiger partial charge in [0, 0.05) is 28.3 Å². The van der Waals surface area contributed by atoms with Crippen LogP contribution in [0.15, 0.2) is 91.1 Å². The maximum atomic E-state index is 13.3. The largest absolute Gasteiger partial charge is 0.346 e. The Bertz CT molecular complexity index is 1660. The second-order valence-electron chi connectivity index (χ2n) is 9.90. The minimum absolute atomic E-state index is 0.153. The molecule has 1 unspecified atom stereocenters. The molecule has 39 heavy (non-hydrogen) atoms. The van der Waals surface area contributed by atoms with Gasteiger partial charge < -0.3 is 15.6 Å². The number of halogens is 1. The standard InChI is InChI=1S/C32H29FN4O2/c1-19(2)31(38)36-28-16-25(15-26(17-28)32(39)35-20(3)21-10-12-27(33)13-11-21)29-18-34-30(37-29)24-9-8-22-6-4-5-7-23(22)14-24/h4-20H,1-3H3,(H,34,37)(H,35,39)(H,36,38). The van der Waals surface area contributed by atoms with Gasteiger partial charge in [0.05, 0.1) is 17.9 Å². The van der Waals surface area contributed by atoms with E-state index in [0.717, 1.165) is 21.9 Å². The lowest BCUT2D eigenvalue weighted by molar-refractivity contribution is -0.118. The molecule has 1 aromatic heterocycles. The molecule has 3 N–H and O–H groups in total. The molecule has 0 bridgehead atoms. The van der Waals surface area contributed by atoms with Crippen LogP contribution in [0.25, 0.3) is 33.4 Å². The monoisotopic (exact) mass is 520 g/mol. The van der Waals surface area contributed by atoms with Gasteiger partial charge in [0.25, 0.3) is 5.91 Å². The fourth-order valence-corrected chi connectivity index (χ4v) is 4.34. The molecule has 0 fully saturated rings. The Morgan fingerprint density at radius 2 is 1.59 bits per heavy atom. The molecule has 0 saturated heterocycles. The van der Waals surface area contributed by atoms with E-state index >= 15 is 0 Å². The number of H-pyrrole nitrogens is 1. The van der Waals surface area contributed by atoms with Crippen molar-refractivity contribution in [1.82, 2.24) is 15.3 Å². The minimum atomic E-state index is -0.345. The third-order valence-corrected chi connectivity index (χ3v) is 6.61. The minimum Gasteiger partial charge on any atom is -0.346 e. The summed E-state index contributed by atoms with van der Waals surface area (Å²) >= 11 is 0. The number of amides is 2. The molecule has 0 spiro atoms. The average molecular weight is 521 g/mol. The number of hydrogen-bond acceptors (Lipinski definition) is 3. The molecule has 7 heteroatoms. The number of aromatic nitrogens is 2. The molecule has 5 rings (SSSR count). The normalized spacial score (nSPS) is 11.9. The molecule has 6 nitrogen and oxygen atoms in total. The molecule has 0 saturated carbocycles. The van der Waals surface area contributed by atoms with E-state index in [1.54, 1.807) is 30.5 Å². The van der Waals surface area contributed by atoms with Gasteiger partial charge in [-0.3, -0.25) is 9.59 Å². The Hall–Kier alpha value is -4.78. The van der Waals surface area contributed by atoms with Crippen molar-refractivity contribution < 1.29 is 14.0 Å². The Labute approximate surface area is 226 Å². The first-order valence-electron chi connectivity index (χ1n) is 12.8. The van der Waals surface area contributed by atoms with Gasteiger partial charge >= 0.3 is 0 Å². The second-order valence-corrected chi connectivity index (χ2v) is 9.90. The third-order valence-electron chi connectivity index (χ3n) is 6.61. The summed E-state index contributed by atoms with van der Waals surface area (Å²) < 4.78 is 13.3. The molecule has 1 atom stereocenters. The fraction of sp³-hybridized carbons (Fsp3) is 0.156. The van der Waals surface area contributed by atoms with Gasteiger partial charge in [-0.2, -0.15) is 0 Å². The maximum absolute atomic E-state index is 13.3. The van der Waals surface area contributed by atoms with E-state index in [1.807, 2.05) is 45.0 Å². The lowest BCUT2D eigenvalue weighted by Crippen LogP contribution is -2.27. The highest BCUT2D eigenvalue weighted by atomic mass is 19.1. The summed E-state index contributed by atoms with van der Waals surface area (Å²) in [6.07, 6.45) is 1.72. The number of carbonyl (C=O) groups is 2. The highest BCUT2D eigenvalue weighted by Gasteiger charge is 2.17. The maximum Gasteiger partial charge on any atom is 0.251 e. The van der Waals surface area contributed by atoms with E-state index in [2.05, 4.69) is 44.9 Å². The summed E-state index contributed by atoms with van der Waals surface area (Å²) in [5.41, 5.74) is 4.02.